The van der Waals surface area contributed by atoms with Gasteiger partial charge in [-0.1, -0.05) is 39.0 Å². The highest BCUT2D eigenvalue weighted by Crippen LogP contribution is 2.32. The third-order valence-corrected chi connectivity index (χ3v) is 9.88. The lowest BCUT2D eigenvalue weighted by Crippen LogP contribution is -2.64. The number of nitrogens with one attached hydrogen (secondary N) is 1. The molecule has 0 aliphatic carbocycles. The number of carboxylic acid groups (broad SMARTS) is 1. The van der Waals surface area contributed by atoms with Crippen molar-refractivity contribution in [1.29, 1.82) is 0 Å². The summed E-state index contributed by atoms with van der Waals surface area (Å²) >= 11 is 0. The SMILES string of the molecule is CC[Si](CC)(CC)O[C@@](C)(C(=O)O)[C@@H](NC(=O)c1ccccc1)[C@H](C)F. The molecular weight excluding hydrogens is 353 g/mol. The second-order valence-corrected chi connectivity index (χ2v) is 11.4. The Hall–Kier alpha value is -1.73. The third-order valence-electron chi connectivity index (χ3n) is 5.16. The van der Waals surface area contributed by atoms with Gasteiger partial charge in [0.1, 0.15) is 6.17 Å². The van der Waals surface area contributed by atoms with Gasteiger partial charge in [-0.25, -0.2) is 9.18 Å². The minimum absolute atomic E-state index is 0.343. The molecule has 2 N–H and O–H groups in total. The van der Waals surface area contributed by atoms with Gasteiger partial charge in [-0.3, -0.25) is 4.79 Å². The highest BCUT2D eigenvalue weighted by molar-refractivity contribution is 6.73. The smallest absolute Gasteiger partial charge is 0.336 e. The van der Waals surface area contributed by atoms with Crippen LogP contribution in [0.25, 0.3) is 0 Å². The van der Waals surface area contributed by atoms with Crippen molar-refractivity contribution in [2.24, 2.45) is 0 Å². The minimum atomic E-state index is -2.35. The van der Waals surface area contributed by atoms with Gasteiger partial charge in [-0.15, -0.1) is 0 Å². The maximum absolute atomic E-state index is 14.4. The summed E-state index contributed by atoms with van der Waals surface area (Å²) in [5, 5.41) is 12.4. The molecule has 26 heavy (non-hydrogen) atoms. The summed E-state index contributed by atoms with van der Waals surface area (Å²) in [5.74, 6) is -1.79. The van der Waals surface area contributed by atoms with E-state index < -0.39 is 38.0 Å². The maximum Gasteiger partial charge on any atom is 0.336 e. The zero-order chi connectivity index (χ0) is 20.0. The van der Waals surface area contributed by atoms with Crippen LogP contribution in [0.4, 0.5) is 4.39 Å². The van der Waals surface area contributed by atoms with Crippen LogP contribution >= 0.6 is 0 Å². The topological polar surface area (TPSA) is 75.6 Å². The summed E-state index contributed by atoms with van der Waals surface area (Å²) < 4.78 is 20.6. The first kappa shape index (κ1) is 22.3. The fraction of sp³-hybridized carbons (Fsp3) is 0.579. The summed E-state index contributed by atoms with van der Waals surface area (Å²) in [7, 11) is -2.35. The van der Waals surface area contributed by atoms with E-state index >= 15 is 0 Å². The van der Waals surface area contributed by atoms with Gasteiger partial charge in [0.05, 0.1) is 6.04 Å². The van der Waals surface area contributed by atoms with E-state index in [0.29, 0.717) is 5.56 Å². The summed E-state index contributed by atoms with van der Waals surface area (Å²) in [4.78, 5) is 24.6. The molecule has 0 heterocycles. The van der Waals surface area contributed by atoms with Crippen molar-refractivity contribution in [1.82, 2.24) is 5.32 Å². The monoisotopic (exact) mass is 383 g/mol. The first-order chi connectivity index (χ1) is 12.2. The van der Waals surface area contributed by atoms with Crippen LogP contribution in [0, 0.1) is 0 Å². The van der Waals surface area contributed by atoms with Crippen LogP contribution in [0.15, 0.2) is 30.3 Å². The van der Waals surface area contributed by atoms with Gasteiger partial charge >= 0.3 is 5.97 Å². The molecule has 0 aromatic heterocycles. The lowest BCUT2D eigenvalue weighted by atomic mass is 9.93. The lowest BCUT2D eigenvalue weighted by molar-refractivity contribution is -0.159. The van der Waals surface area contributed by atoms with E-state index in [1.165, 1.54) is 13.8 Å². The predicted molar refractivity (Wildman–Crippen MR) is 103 cm³/mol. The van der Waals surface area contributed by atoms with Crippen LogP contribution in [0.2, 0.25) is 18.1 Å². The quantitative estimate of drug-likeness (QED) is 0.599. The molecule has 0 aliphatic heterocycles. The van der Waals surface area contributed by atoms with Crippen LogP contribution in [-0.2, 0) is 9.22 Å². The van der Waals surface area contributed by atoms with E-state index in [9.17, 15) is 19.1 Å². The van der Waals surface area contributed by atoms with Crippen molar-refractivity contribution in [2.45, 2.75) is 70.6 Å². The molecule has 0 saturated carbocycles. The minimum Gasteiger partial charge on any atom is -0.479 e. The van der Waals surface area contributed by atoms with Crippen molar-refractivity contribution in [3.8, 4) is 0 Å². The Morgan fingerprint density at radius 2 is 1.69 bits per heavy atom. The Morgan fingerprint density at radius 1 is 1.19 bits per heavy atom. The number of carbonyl (C=O) groups is 2. The van der Waals surface area contributed by atoms with E-state index in [4.69, 9.17) is 4.43 Å². The number of benzene rings is 1. The number of rotatable bonds is 10. The number of aliphatic carboxylic acids is 1. The van der Waals surface area contributed by atoms with E-state index in [1.54, 1.807) is 30.3 Å². The predicted octanol–water partition coefficient (Wildman–Crippen LogP) is 4.01. The highest BCUT2D eigenvalue weighted by Gasteiger charge is 2.51. The summed E-state index contributed by atoms with van der Waals surface area (Å²) in [5.41, 5.74) is -1.50. The van der Waals surface area contributed by atoms with Gasteiger partial charge in [-0.2, -0.15) is 0 Å². The Morgan fingerprint density at radius 3 is 2.08 bits per heavy atom. The Kier molecular flexibility index (Phi) is 7.96. The molecule has 5 nitrogen and oxygen atoms in total. The molecule has 0 unspecified atom stereocenters. The molecule has 146 valence electrons. The second kappa shape index (κ2) is 9.28. The normalized spacial score (nSPS) is 16.4. The largest absolute Gasteiger partial charge is 0.479 e. The molecule has 1 aromatic carbocycles. The van der Waals surface area contributed by atoms with E-state index in [1.807, 2.05) is 20.8 Å². The number of halogens is 1. The van der Waals surface area contributed by atoms with Gasteiger partial charge in [-0.05, 0) is 44.1 Å². The van der Waals surface area contributed by atoms with Crippen LogP contribution in [0.3, 0.4) is 0 Å². The molecule has 1 rings (SSSR count). The molecule has 0 aliphatic rings. The Labute approximate surface area is 156 Å². The summed E-state index contributed by atoms with van der Waals surface area (Å²) in [6, 6.07) is 9.21. The molecular formula is C19H30FNO4Si. The molecule has 3 atom stereocenters. The molecule has 0 spiro atoms. The fourth-order valence-corrected chi connectivity index (χ4v) is 6.21. The average Bonchev–Trinajstić information content (AvgIpc) is 2.64. The number of hydrogen-bond acceptors (Lipinski definition) is 3. The fourth-order valence-electron chi connectivity index (χ4n) is 3.16. The van der Waals surface area contributed by atoms with E-state index in [0.717, 1.165) is 18.1 Å². The van der Waals surface area contributed by atoms with Crippen LogP contribution in [0.5, 0.6) is 0 Å². The number of carboxylic acids is 1. The van der Waals surface area contributed by atoms with Gasteiger partial charge in [0.25, 0.3) is 5.91 Å². The number of carbonyl (C=O) groups excluding carboxylic acids is 1. The average molecular weight is 384 g/mol. The Balaban J connectivity index is 3.23. The first-order valence-electron chi connectivity index (χ1n) is 9.09. The van der Waals surface area contributed by atoms with Crippen molar-refractivity contribution in [2.75, 3.05) is 0 Å². The molecule has 1 aromatic rings. The standard InChI is InChI=1S/C19H30FNO4Si/c1-6-26(7-2,8-3)25-19(5,18(23)24)16(14(4)20)21-17(22)15-12-10-9-11-13-15/h9-14,16H,6-8H2,1-5H3,(H,21,22)(H,23,24)/t14-,16-,19+/m0/s1. The van der Waals surface area contributed by atoms with Gasteiger partial charge in [0.15, 0.2) is 13.9 Å². The number of amides is 1. The van der Waals surface area contributed by atoms with Crippen LogP contribution < -0.4 is 5.32 Å². The van der Waals surface area contributed by atoms with Crippen LogP contribution in [-0.4, -0.2) is 43.1 Å². The van der Waals surface area contributed by atoms with Crippen molar-refractivity contribution < 1.29 is 23.5 Å². The number of alkyl halides is 1. The van der Waals surface area contributed by atoms with Gasteiger partial charge in [0.2, 0.25) is 0 Å². The Bertz CT molecular complexity index is 599. The molecule has 0 saturated heterocycles. The molecule has 7 heteroatoms. The number of hydrogen-bond donors (Lipinski definition) is 2. The maximum atomic E-state index is 14.4. The molecule has 1 amide bonds. The molecule has 0 fully saturated rings. The second-order valence-electron chi connectivity index (χ2n) is 6.75. The highest BCUT2D eigenvalue weighted by atomic mass is 28.4. The van der Waals surface area contributed by atoms with E-state index in [-0.39, 0.29) is 0 Å². The van der Waals surface area contributed by atoms with E-state index in [2.05, 4.69) is 5.32 Å². The summed E-state index contributed by atoms with van der Waals surface area (Å²) in [6.45, 7) is 8.52. The van der Waals surface area contributed by atoms with Gasteiger partial charge < -0.3 is 14.8 Å². The van der Waals surface area contributed by atoms with Crippen molar-refractivity contribution in [3.05, 3.63) is 35.9 Å². The first-order valence-corrected chi connectivity index (χ1v) is 11.6. The summed E-state index contributed by atoms with van der Waals surface area (Å²) in [6.07, 6.45) is -1.60. The third kappa shape index (κ3) is 4.91. The van der Waals surface area contributed by atoms with Crippen molar-refractivity contribution >= 4 is 20.2 Å². The van der Waals surface area contributed by atoms with Crippen molar-refractivity contribution in [3.63, 3.8) is 0 Å². The van der Waals surface area contributed by atoms with Crippen LogP contribution in [0.1, 0.15) is 45.0 Å². The van der Waals surface area contributed by atoms with Gasteiger partial charge in [0, 0.05) is 5.56 Å². The molecule has 0 radical (unpaired) electrons. The zero-order valence-corrected chi connectivity index (χ0v) is 17.2. The lowest BCUT2D eigenvalue weighted by Gasteiger charge is -2.42. The molecule has 0 bridgehead atoms. The zero-order valence-electron chi connectivity index (χ0n) is 16.2.